The van der Waals surface area contributed by atoms with Crippen molar-refractivity contribution in [3.63, 3.8) is 0 Å². The summed E-state index contributed by atoms with van der Waals surface area (Å²) in [6, 6.07) is 7.18. The maximum Gasteiger partial charge on any atom is 0.316 e. The van der Waals surface area contributed by atoms with Crippen LogP contribution in [0.3, 0.4) is 0 Å². The van der Waals surface area contributed by atoms with Crippen LogP contribution in [-0.2, 0) is 4.74 Å². The van der Waals surface area contributed by atoms with Gasteiger partial charge in [0.15, 0.2) is 0 Å². The Morgan fingerprint density at radius 2 is 1.71 bits per heavy atom. The summed E-state index contributed by atoms with van der Waals surface area (Å²) < 4.78 is 22.9. The highest BCUT2D eigenvalue weighted by atomic mass is 19.1. The van der Waals surface area contributed by atoms with Gasteiger partial charge in [-0.05, 0) is 11.1 Å². The molecule has 2 atom stereocenters. The van der Waals surface area contributed by atoms with E-state index in [9.17, 15) is 4.39 Å². The quantitative estimate of drug-likeness (QED) is 0.883. The molecule has 0 aliphatic carbocycles. The van der Waals surface area contributed by atoms with Crippen molar-refractivity contribution < 1.29 is 13.9 Å². The first-order valence-corrected chi connectivity index (χ1v) is 6.50. The van der Waals surface area contributed by atoms with Crippen molar-refractivity contribution >= 4 is 0 Å². The first-order chi connectivity index (χ1) is 10.2. The first kappa shape index (κ1) is 15.3. The van der Waals surface area contributed by atoms with Gasteiger partial charge >= 0.3 is 6.01 Å². The summed E-state index contributed by atoms with van der Waals surface area (Å²) in [7, 11) is 3.04. The minimum atomic E-state index is -0.676. The standard InChI is InChI=1S/C15H18FN3O2/c1-20-14(13(17)7-16)11-5-3-10(4-6-11)12-8-18-15(21-2)19-9-12/h3-6,8-9,13-14H,7,17H2,1-2H3/t13-,14-/m1/s1. The highest BCUT2D eigenvalue weighted by molar-refractivity contribution is 5.61. The number of halogens is 1. The van der Waals surface area contributed by atoms with Gasteiger partial charge in [-0.15, -0.1) is 0 Å². The molecule has 0 spiro atoms. The van der Waals surface area contributed by atoms with Gasteiger partial charge in [0, 0.05) is 25.1 Å². The minimum absolute atomic E-state index is 0.323. The number of nitrogens with zero attached hydrogens (tertiary/aromatic N) is 2. The van der Waals surface area contributed by atoms with Gasteiger partial charge in [0.25, 0.3) is 0 Å². The third kappa shape index (κ3) is 3.53. The number of hydrogen-bond donors (Lipinski definition) is 1. The van der Waals surface area contributed by atoms with Crippen molar-refractivity contribution in [1.29, 1.82) is 0 Å². The molecular weight excluding hydrogens is 273 g/mol. The van der Waals surface area contributed by atoms with Crippen LogP contribution in [0.1, 0.15) is 11.7 Å². The molecule has 2 N–H and O–H groups in total. The summed E-state index contributed by atoms with van der Waals surface area (Å²) in [6.45, 7) is -0.632. The first-order valence-electron chi connectivity index (χ1n) is 6.50. The van der Waals surface area contributed by atoms with Crippen molar-refractivity contribution in [1.82, 2.24) is 9.97 Å². The van der Waals surface area contributed by atoms with Gasteiger partial charge in [0.05, 0.1) is 19.3 Å². The second-order valence-electron chi connectivity index (χ2n) is 4.55. The molecule has 0 radical (unpaired) electrons. The number of benzene rings is 1. The average molecular weight is 291 g/mol. The number of methoxy groups -OCH3 is 2. The second-order valence-corrected chi connectivity index (χ2v) is 4.55. The Hall–Kier alpha value is -2.05. The van der Waals surface area contributed by atoms with Crippen LogP contribution in [-0.4, -0.2) is 36.9 Å². The van der Waals surface area contributed by atoms with E-state index >= 15 is 0 Å². The fourth-order valence-electron chi connectivity index (χ4n) is 2.07. The maximum absolute atomic E-state index is 12.7. The van der Waals surface area contributed by atoms with E-state index in [4.69, 9.17) is 15.2 Å². The molecule has 1 aromatic carbocycles. The Morgan fingerprint density at radius 3 is 2.19 bits per heavy atom. The lowest BCUT2D eigenvalue weighted by Gasteiger charge is -2.20. The van der Waals surface area contributed by atoms with E-state index < -0.39 is 18.8 Å². The fourth-order valence-corrected chi connectivity index (χ4v) is 2.07. The highest BCUT2D eigenvalue weighted by Crippen LogP contribution is 2.24. The largest absolute Gasteiger partial charge is 0.467 e. The lowest BCUT2D eigenvalue weighted by Crippen LogP contribution is -2.31. The number of ether oxygens (including phenoxy) is 2. The van der Waals surface area contributed by atoms with Gasteiger partial charge < -0.3 is 15.2 Å². The summed E-state index contributed by atoms with van der Waals surface area (Å²) in [5.41, 5.74) is 8.36. The average Bonchev–Trinajstić information content (AvgIpc) is 2.56. The molecule has 6 heteroatoms. The summed E-state index contributed by atoms with van der Waals surface area (Å²) in [4.78, 5) is 8.12. The summed E-state index contributed by atoms with van der Waals surface area (Å²) >= 11 is 0. The van der Waals surface area contributed by atoms with Crippen molar-refractivity contribution in [2.24, 2.45) is 5.73 Å². The Balaban J connectivity index is 2.21. The van der Waals surface area contributed by atoms with Gasteiger partial charge in [-0.2, -0.15) is 0 Å². The van der Waals surface area contributed by atoms with Crippen LogP contribution >= 0.6 is 0 Å². The molecule has 0 amide bonds. The zero-order valence-electron chi connectivity index (χ0n) is 12.0. The molecule has 2 aromatic rings. The van der Waals surface area contributed by atoms with E-state index in [0.29, 0.717) is 6.01 Å². The molecule has 1 aromatic heterocycles. The Labute approximate surface area is 122 Å². The Kier molecular flexibility index (Phi) is 5.19. The Morgan fingerprint density at radius 1 is 1.10 bits per heavy atom. The molecule has 112 valence electrons. The fraction of sp³-hybridized carbons (Fsp3) is 0.333. The van der Waals surface area contributed by atoms with Gasteiger partial charge in [-0.25, -0.2) is 14.4 Å². The molecule has 0 unspecified atom stereocenters. The number of alkyl halides is 1. The van der Waals surface area contributed by atoms with Crippen LogP contribution < -0.4 is 10.5 Å². The molecule has 2 rings (SSSR count). The normalized spacial score (nSPS) is 13.7. The van der Waals surface area contributed by atoms with E-state index in [1.807, 2.05) is 24.3 Å². The SMILES string of the molecule is COc1ncc(-c2ccc([C@@H](OC)[C@H](N)CF)cc2)cn1. The summed E-state index contributed by atoms with van der Waals surface area (Å²) in [5, 5.41) is 0. The van der Waals surface area contributed by atoms with Crippen LogP contribution in [0, 0.1) is 0 Å². The third-order valence-corrected chi connectivity index (χ3v) is 3.20. The van der Waals surface area contributed by atoms with Crippen LogP contribution in [0.25, 0.3) is 11.1 Å². The molecule has 0 aliphatic rings. The molecule has 0 aliphatic heterocycles. The van der Waals surface area contributed by atoms with Crippen molar-refractivity contribution in [2.45, 2.75) is 12.1 Å². The number of aromatic nitrogens is 2. The van der Waals surface area contributed by atoms with E-state index in [-0.39, 0.29) is 0 Å². The second kappa shape index (κ2) is 7.10. The predicted octanol–water partition coefficient (Wildman–Crippen LogP) is 2.14. The molecule has 21 heavy (non-hydrogen) atoms. The Bertz CT molecular complexity index is 560. The lowest BCUT2D eigenvalue weighted by atomic mass is 10.0. The molecule has 0 saturated carbocycles. The number of nitrogens with two attached hydrogens (primary N) is 1. The van der Waals surface area contributed by atoms with E-state index in [2.05, 4.69) is 9.97 Å². The molecule has 1 heterocycles. The van der Waals surface area contributed by atoms with Gasteiger partial charge in [-0.3, -0.25) is 0 Å². The summed E-state index contributed by atoms with van der Waals surface area (Å²) in [6.07, 6.45) is 2.90. The minimum Gasteiger partial charge on any atom is -0.467 e. The lowest BCUT2D eigenvalue weighted by molar-refractivity contribution is 0.0721. The number of rotatable bonds is 6. The van der Waals surface area contributed by atoms with Crippen LogP contribution in [0.2, 0.25) is 0 Å². The molecule has 0 fully saturated rings. The van der Waals surface area contributed by atoms with Crippen molar-refractivity contribution in [3.05, 3.63) is 42.2 Å². The molecule has 0 bridgehead atoms. The molecular formula is C15H18FN3O2. The van der Waals surface area contributed by atoms with Crippen LogP contribution in [0.15, 0.2) is 36.7 Å². The highest BCUT2D eigenvalue weighted by Gasteiger charge is 2.19. The monoisotopic (exact) mass is 291 g/mol. The molecule has 5 nitrogen and oxygen atoms in total. The van der Waals surface area contributed by atoms with E-state index in [1.54, 1.807) is 12.4 Å². The van der Waals surface area contributed by atoms with Crippen molar-refractivity contribution in [3.8, 4) is 17.1 Å². The van der Waals surface area contributed by atoms with E-state index in [1.165, 1.54) is 14.2 Å². The van der Waals surface area contributed by atoms with Crippen LogP contribution in [0.5, 0.6) is 6.01 Å². The predicted molar refractivity (Wildman–Crippen MR) is 77.7 cm³/mol. The third-order valence-electron chi connectivity index (χ3n) is 3.20. The maximum atomic E-state index is 12.7. The smallest absolute Gasteiger partial charge is 0.316 e. The van der Waals surface area contributed by atoms with Crippen molar-refractivity contribution in [2.75, 3.05) is 20.9 Å². The van der Waals surface area contributed by atoms with Gasteiger partial charge in [-0.1, -0.05) is 24.3 Å². The van der Waals surface area contributed by atoms with E-state index in [0.717, 1.165) is 16.7 Å². The summed E-state index contributed by atoms with van der Waals surface area (Å²) in [5.74, 6) is 0. The zero-order chi connectivity index (χ0) is 15.2. The zero-order valence-corrected chi connectivity index (χ0v) is 12.0. The molecule has 0 saturated heterocycles. The van der Waals surface area contributed by atoms with Gasteiger partial charge in [0.1, 0.15) is 6.67 Å². The van der Waals surface area contributed by atoms with Gasteiger partial charge in [0.2, 0.25) is 0 Å². The number of hydrogen-bond acceptors (Lipinski definition) is 5. The topological polar surface area (TPSA) is 70.3 Å². The van der Waals surface area contributed by atoms with Crippen LogP contribution in [0.4, 0.5) is 4.39 Å².